The third-order valence-electron chi connectivity index (χ3n) is 2.88. The first-order valence-electron chi connectivity index (χ1n) is 6.56. The Kier molecular flexibility index (Phi) is 4.55. The Morgan fingerprint density at radius 3 is 2.90 bits per heavy atom. The summed E-state index contributed by atoms with van der Waals surface area (Å²) in [4.78, 5) is 18.1. The summed E-state index contributed by atoms with van der Waals surface area (Å²) in [5, 5.41) is 9.31. The molecule has 2 unspecified atom stereocenters. The molecular weight excluding hydrogens is 276 g/mol. The second-order valence-corrected chi connectivity index (χ2v) is 6.81. The van der Waals surface area contributed by atoms with E-state index in [9.17, 15) is 9.90 Å². The Morgan fingerprint density at radius 1 is 1.60 bits per heavy atom. The van der Waals surface area contributed by atoms with Gasteiger partial charge < -0.3 is 9.84 Å². The molecule has 2 atom stereocenters. The molecule has 1 aromatic heterocycles. The quantitative estimate of drug-likeness (QED) is 0.908. The van der Waals surface area contributed by atoms with Crippen LogP contribution in [0.15, 0.2) is 24.5 Å². The lowest BCUT2D eigenvalue weighted by Gasteiger charge is -2.31. The normalized spacial score (nSPS) is 22.9. The highest BCUT2D eigenvalue weighted by molar-refractivity contribution is 7.99. The summed E-state index contributed by atoms with van der Waals surface area (Å²) in [6, 6.07) is 3.55. The average molecular weight is 296 g/mol. The van der Waals surface area contributed by atoms with Gasteiger partial charge in [0.1, 0.15) is 11.0 Å². The fourth-order valence-electron chi connectivity index (χ4n) is 2.03. The zero-order valence-electron chi connectivity index (χ0n) is 11.9. The summed E-state index contributed by atoms with van der Waals surface area (Å²) in [7, 11) is 0. The van der Waals surface area contributed by atoms with Crippen molar-refractivity contribution in [2.75, 3.05) is 12.4 Å². The number of amides is 1. The van der Waals surface area contributed by atoms with E-state index in [0.717, 1.165) is 5.56 Å². The second-order valence-electron chi connectivity index (χ2n) is 5.70. The molecule has 0 spiro atoms. The molecule has 20 heavy (non-hydrogen) atoms. The van der Waals surface area contributed by atoms with Gasteiger partial charge in [-0.25, -0.2) is 4.79 Å². The van der Waals surface area contributed by atoms with Gasteiger partial charge in [-0.3, -0.25) is 9.88 Å². The van der Waals surface area contributed by atoms with Crippen LogP contribution < -0.4 is 0 Å². The van der Waals surface area contributed by atoms with Crippen LogP contribution in [0.5, 0.6) is 0 Å². The third kappa shape index (κ3) is 3.43. The number of nitrogens with zero attached hydrogens (tertiary/aromatic N) is 2. The van der Waals surface area contributed by atoms with Crippen molar-refractivity contribution in [2.24, 2.45) is 0 Å². The van der Waals surface area contributed by atoms with Gasteiger partial charge in [-0.15, -0.1) is 11.8 Å². The van der Waals surface area contributed by atoms with Crippen LogP contribution >= 0.6 is 11.8 Å². The summed E-state index contributed by atoms with van der Waals surface area (Å²) < 4.78 is 5.45. The van der Waals surface area contributed by atoms with Gasteiger partial charge >= 0.3 is 6.09 Å². The summed E-state index contributed by atoms with van der Waals surface area (Å²) in [6.45, 7) is 5.44. The van der Waals surface area contributed by atoms with E-state index in [0.29, 0.717) is 5.75 Å². The van der Waals surface area contributed by atoms with E-state index in [1.807, 2.05) is 32.9 Å². The molecule has 0 radical (unpaired) electrons. The molecule has 1 fully saturated rings. The van der Waals surface area contributed by atoms with Gasteiger partial charge in [-0.2, -0.15) is 0 Å². The van der Waals surface area contributed by atoms with Crippen molar-refractivity contribution >= 4 is 17.9 Å². The van der Waals surface area contributed by atoms with Gasteiger partial charge in [0.15, 0.2) is 0 Å². The van der Waals surface area contributed by atoms with E-state index < -0.39 is 11.7 Å². The van der Waals surface area contributed by atoms with Crippen LogP contribution in [-0.4, -0.2) is 45.1 Å². The molecule has 0 saturated carbocycles. The predicted octanol–water partition coefficient (Wildman–Crippen LogP) is 2.43. The van der Waals surface area contributed by atoms with E-state index in [4.69, 9.17) is 4.74 Å². The summed E-state index contributed by atoms with van der Waals surface area (Å²) in [6.07, 6.45) is 3.05. The Bertz CT molecular complexity index is 461. The van der Waals surface area contributed by atoms with Crippen molar-refractivity contribution in [1.82, 2.24) is 9.88 Å². The SMILES string of the molecule is CC(C)(C)OC(=O)N1C(CO)CSC1c1cccnc1. The molecule has 1 amide bonds. The van der Waals surface area contributed by atoms with Crippen molar-refractivity contribution < 1.29 is 14.6 Å². The molecule has 0 aliphatic carbocycles. The van der Waals surface area contributed by atoms with E-state index in [1.165, 1.54) is 0 Å². The van der Waals surface area contributed by atoms with Gasteiger partial charge in [0.2, 0.25) is 0 Å². The average Bonchev–Trinajstić information content (AvgIpc) is 2.81. The second kappa shape index (κ2) is 6.01. The van der Waals surface area contributed by atoms with E-state index in [1.54, 1.807) is 29.1 Å². The van der Waals surface area contributed by atoms with Crippen LogP contribution in [0.25, 0.3) is 0 Å². The molecule has 110 valence electrons. The van der Waals surface area contributed by atoms with Gasteiger partial charge in [0.05, 0.1) is 12.6 Å². The summed E-state index contributed by atoms with van der Waals surface area (Å²) in [5.74, 6) is 0.690. The Morgan fingerprint density at radius 2 is 2.35 bits per heavy atom. The van der Waals surface area contributed by atoms with Crippen LogP contribution in [0, 0.1) is 0 Å². The van der Waals surface area contributed by atoms with Gasteiger partial charge in [0.25, 0.3) is 0 Å². The molecule has 5 nitrogen and oxygen atoms in total. The predicted molar refractivity (Wildman–Crippen MR) is 78.4 cm³/mol. The molecule has 1 aromatic rings. The molecule has 1 aliphatic heterocycles. The number of carbonyl (C=O) groups is 1. The fourth-order valence-corrected chi connectivity index (χ4v) is 3.45. The number of aliphatic hydroxyl groups excluding tert-OH is 1. The minimum absolute atomic E-state index is 0.0665. The standard InChI is InChI=1S/C14H20N2O3S/c1-14(2,3)19-13(18)16-11(8-17)9-20-12(16)10-5-4-6-15-7-10/h4-7,11-12,17H,8-9H2,1-3H3. The van der Waals surface area contributed by atoms with Crippen molar-refractivity contribution in [2.45, 2.75) is 37.8 Å². The Labute approximate surface area is 123 Å². The maximum atomic E-state index is 12.4. The fraction of sp³-hybridized carbons (Fsp3) is 0.571. The van der Waals surface area contributed by atoms with E-state index >= 15 is 0 Å². The number of hydrogen-bond acceptors (Lipinski definition) is 5. The number of hydrogen-bond donors (Lipinski definition) is 1. The minimum atomic E-state index is -0.552. The van der Waals surface area contributed by atoms with Crippen LogP contribution in [0.3, 0.4) is 0 Å². The first-order chi connectivity index (χ1) is 9.42. The first kappa shape index (κ1) is 15.1. The van der Waals surface area contributed by atoms with Crippen molar-refractivity contribution in [1.29, 1.82) is 0 Å². The first-order valence-corrected chi connectivity index (χ1v) is 7.61. The lowest BCUT2D eigenvalue weighted by atomic mass is 10.2. The summed E-state index contributed by atoms with van der Waals surface area (Å²) >= 11 is 1.62. The highest BCUT2D eigenvalue weighted by Crippen LogP contribution is 2.41. The van der Waals surface area contributed by atoms with Crippen LogP contribution in [0.2, 0.25) is 0 Å². The number of rotatable bonds is 2. The van der Waals surface area contributed by atoms with Crippen molar-refractivity contribution in [3.63, 3.8) is 0 Å². The minimum Gasteiger partial charge on any atom is -0.444 e. The number of pyridine rings is 1. The largest absolute Gasteiger partial charge is 0.444 e. The smallest absolute Gasteiger partial charge is 0.411 e. The monoisotopic (exact) mass is 296 g/mol. The number of thioether (sulfide) groups is 1. The molecule has 2 heterocycles. The Hall–Kier alpha value is -1.27. The van der Waals surface area contributed by atoms with Crippen molar-refractivity contribution in [3.05, 3.63) is 30.1 Å². The maximum Gasteiger partial charge on any atom is 0.411 e. The third-order valence-corrected chi connectivity index (χ3v) is 4.27. The lowest BCUT2D eigenvalue weighted by Crippen LogP contribution is -2.43. The molecule has 2 rings (SSSR count). The molecule has 1 saturated heterocycles. The van der Waals surface area contributed by atoms with E-state index in [2.05, 4.69) is 4.98 Å². The van der Waals surface area contributed by atoms with E-state index in [-0.39, 0.29) is 18.0 Å². The zero-order chi connectivity index (χ0) is 14.8. The molecule has 0 aromatic carbocycles. The van der Waals surface area contributed by atoms with Crippen LogP contribution in [-0.2, 0) is 4.74 Å². The number of ether oxygens (including phenoxy) is 1. The highest BCUT2D eigenvalue weighted by atomic mass is 32.2. The van der Waals surface area contributed by atoms with Gasteiger partial charge in [-0.1, -0.05) is 6.07 Å². The topological polar surface area (TPSA) is 62.7 Å². The van der Waals surface area contributed by atoms with Crippen molar-refractivity contribution in [3.8, 4) is 0 Å². The van der Waals surface area contributed by atoms with Crippen LogP contribution in [0.4, 0.5) is 4.79 Å². The zero-order valence-corrected chi connectivity index (χ0v) is 12.8. The number of aliphatic hydroxyl groups is 1. The van der Waals surface area contributed by atoms with Gasteiger partial charge in [0, 0.05) is 23.7 Å². The maximum absolute atomic E-state index is 12.4. The molecular formula is C14H20N2O3S. The highest BCUT2D eigenvalue weighted by Gasteiger charge is 2.40. The van der Waals surface area contributed by atoms with Gasteiger partial charge in [-0.05, 0) is 26.8 Å². The molecule has 1 aliphatic rings. The number of aromatic nitrogens is 1. The molecule has 1 N–H and O–H groups in total. The number of carbonyl (C=O) groups excluding carboxylic acids is 1. The molecule has 0 bridgehead atoms. The Balaban J connectivity index is 2.22. The molecule has 6 heteroatoms. The lowest BCUT2D eigenvalue weighted by molar-refractivity contribution is 0.0117. The summed E-state index contributed by atoms with van der Waals surface area (Å²) in [5.41, 5.74) is 0.392. The van der Waals surface area contributed by atoms with Crippen LogP contribution in [0.1, 0.15) is 31.7 Å².